The highest BCUT2D eigenvalue weighted by Gasteiger charge is 2.45. The Morgan fingerprint density at radius 1 is 0.971 bits per heavy atom. The van der Waals surface area contributed by atoms with Crippen molar-refractivity contribution >= 4 is 68.9 Å². The summed E-state index contributed by atoms with van der Waals surface area (Å²) in [7, 11) is 0. The Balaban J connectivity index is 0.853. The van der Waals surface area contributed by atoms with E-state index in [-0.39, 0.29) is 75.3 Å². The normalized spacial score (nSPS) is 19.6. The van der Waals surface area contributed by atoms with Crippen LogP contribution in [0.25, 0.3) is 10.4 Å². The number of rotatable bonds is 21. The number of amides is 4. The van der Waals surface area contributed by atoms with Gasteiger partial charge in [-0.15, -0.1) is 22.7 Å². The summed E-state index contributed by atoms with van der Waals surface area (Å²) in [5.41, 5.74) is 3.84. The van der Waals surface area contributed by atoms with Crippen LogP contribution in [0.15, 0.2) is 77.8 Å². The monoisotopic (exact) mass is 1020 g/mol. The van der Waals surface area contributed by atoms with E-state index < -0.39 is 52.6 Å². The van der Waals surface area contributed by atoms with Crippen molar-refractivity contribution in [2.24, 2.45) is 10.8 Å². The number of pyridine rings is 1. The van der Waals surface area contributed by atoms with Crippen LogP contribution in [-0.2, 0) is 41.6 Å². The van der Waals surface area contributed by atoms with Crippen LogP contribution in [0, 0.1) is 23.6 Å². The van der Waals surface area contributed by atoms with E-state index in [1.807, 2.05) is 75.5 Å². The molecule has 20 heteroatoms. The summed E-state index contributed by atoms with van der Waals surface area (Å²) < 4.78 is 32.1. The first kappa shape index (κ1) is 52.3. The molecule has 0 unspecified atom stereocenters. The molecule has 2 fully saturated rings. The fourth-order valence-corrected chi connectivity index (χ4v) is 10.2. The molecule has 16 nitrogen and oxygen atoms in total. The van der Waals surface area contributed by atoms with Gasteiger partial charge in [0.1, 0.15) is 24.5 Å². The molecule has 7 rings (SSSR count). The molecule has 1 saturated heterocycles. The number of thiazole rings is 2. The van der Waals surface area contributed by atoms with Crippen LogP contribution >= 0.6 is 34.3 Å². The minimum Gasteiger partial charge on any atom is -0.487 e. The maximum absolute atomic E-state index is 14.7. The Hall–Kier alpha value is -5.57. The second-order valence-electron chi connectivity index (χ2n) is 18.7. The lowest BCUT2D eigenvalue weighted by Gasteiger charge is -2.39. The molecule has 5 aromatic rings. The molecule has 0 spiro atoms. The third-order valence-corrected chi connectivity index (χ3v) is 14.4. The lowest BCUT2D eigenvalue weighted by molar-refractivity contribution is -0.144. The van der Waals surface area contributed by atoms with E-state index in [1.165, 1.54) is 22.3 Å². The number of aliphatic hydroxyl groups excluding tert-OH is 1. The van der Waals surface area contributed by atoms with Crippen molar-refractivity contribution in [3.8, 4) is 16.2 Å². The largest absolute Gasteiger partial charge is 0.487 e. The SMILES string of the molecule is Cc1ncsc1-c1ccc(CNC(=O)[C@@H]2C[C@@H](O)CN2C(=O)[C@@H](NC(=O)COCCOCCNC(=O)[C@]2(Cc3cccc(Nc4nccs4)n3)CC[C@@H](Oc3cccc(Cl)c3F)CC2)C(C)(C)C)cc1. The second-order valence-corrected chi connectivity index (χ2v) is 20.8. The second kappa shape index (κ2) is 24.0. The van der Waals surface area contributed by atoms with Gasteiger partial charge in [-0.05, 0) is 73.4 Å². The summed E-state index contributed by atoms with van der Waals surface area (Å²) in [4.78, 5) is 70.5. The Kier molecular flexibility index (Phi) is 17.9. The van der Waals surface area contributed by atoms with Crippen molar-refractivity contribution < 1.29 is 42.9 Å². The molecule has 2 aliphatic rings. The van der Waals surface area contributed by atoms with Crippen LogP contribution in [0.1, 0.15) is 69.8 Å². The van der Waals surface area contributed by atoms with Gasteiger partial charge in [0.15, 0.2) is 16.7 Å². The molecule has 0 bridgehead atoms. The number of carbonyl (C=O) groups is 4. The van der Waals surface area contributed by atoms with Crippen molar-refractivity contribution in [3.05, 3.63) is 106 Å². The van der Waals surface area contributed by atoms with E-state index in [0.717, 1.165) is 27.4 Å². The van der Waals surface area contributed by atoms with E-state index in [0.29, 0.717) is 43.1 Å². The molecule has 2 aromatic carbocycles. The predicted molar refractivity (Wildman–Crippen MR) is 266 cm³/mol. The number of β-amino-alcohol motifs (C(OH)–C–C–N with tert-alkyl or cyclic N) is 1. The summed E-state index contributed by atoms with van der Waals surface area (Å²) in [5.74, 6) is -1.47. The molecule has 3 aromatic heterocycles. The average molecular weight is 1020 g/mol. The zero-order valence-corrected chi connectivity index (χ0v) is 42.1. The molecule has 5 N–H and O–H groups in total. The predicted octanol–water partition coefficient (Wildman–Crippen LogP) is 7.02. The maximum atomic E-state index is 14.7. The molecule has 374 valence electrons. The first-order chi connectivity index (χ1) is 33.6. The number of benzene rings is 2. The third kappa shape index (κ3) is 13.8. The van der Waals surface area contributed by atoms with Gasteiger partial charge in [-0.2, -0.15) is 0 Å². The molecule has 4 amide bonds. The van der Waals surface area contributed by atoms with Gasteiger partial charge in [0, 0.05) is 49.7 Å². The van der Waals surface area contributed by atoms with Gasteiger partial charge in [-0.1, -0.05) is 68.8 Å². The van der Waals surface area contributed by atoms with Crippen molar-refractivity contribution in [2.45, 2.75) is 97.1 Å². The standard InChI is InChI=1S/C50H60ClFN8O8S2/c1-31-43(70-30-56-31)33-13-11-32(12-14-33)27-55-45(63)38-25-35(61)28-60(38)46(64)44(49(2,3)4)59-41(62)29-67-23-22-66-21-19-53-47(65)50(26-34-7-5-10-40(57-34)58-48-54-20-24-69-48)17-15-36(16-18-50)68-39-9-6-8-37(51)42(39)52/h5-14,20,24,30,35-36,38,44,61H,15-19,21-23,25-29H2,1-4H3,(H,53,65)(H,55,63)(H,59,62)(H,54,57,58)/t35-,36-,38+,44-,50-/m1/s1. The Bertz CT molecular complexity index is 2550. The number of carbonyl (C=O) groups excluding carboxylic acids is 4. The lowest BCUT2D eigenvalue weighted by Crippen LogP contribution is -2.58. The quantitative estimate of drug-likeness (QED) is 0.0471. The van der Waals surface area contributed by atoms with Crippen LogP contribution < -0.4 is 26.0 Å². The number of aliphatic hydroxyl groups is 1. The van der Waals surface area contributed by atoms with Gasteiger partial charge in [-0.3, -0.25) is 19.2 Å². The molecule has 70 heavy (non-hydrogen) atoms. The molecule has 1 aliphatic carbocycles. The van der Waals surface area contributed by atoms with Gasteiger partial charge in [0.2, 0.25) is 23.6 Å². The zero-order valence-electron chi connectivity index (χ0n) is 39.7. The number of likely N-dealkylation sites (tertiary alicyclic amines) is 1. The average Bonchev–Trinajstić information content (AvgIpc) is 4.12. The molecular weight excluding hydrogens is 959 g/mol. The smallest absolute Gasteiger partial charge is 0.246 e. The topological polar surface area (TPSA) is 206 Å². The molecule has 1 saturated carbocycles. The molecule has 4 heterocycles. The number of ether oxygens (including phenoxy) is 3. The van der Waals surface area contributed by atoms with Gasteiger partial charge in [0.05, 0.1) is 58.5 Å². The number of hydrogen-bond acceptors (Lipinski definition) is 14. The molecule has 1 aliphatic heterocycles. The number of aryl methyl sites for hydroxylation is 1. The van der Waals surface area contributed by atoms with Gasteiger partial charge in [-0.25, -0.2) is 19.3 Å². The van der Waals surface area contributed by atoms with Crippen molar-refractivity contribution in [2.75, 3.05) is 44.8 Å². The lowest BCUT2D eigenvalue weighted by atomic mass is 9.69. The van der Waals surface area contributed by atoms with Crippen LogP contribution in [0.3, 0.4) is 0 Å². The van der Waals surface area contributed by atoms with E-state index in [2.05, 4.69) is 31.2 Å². The summed E-state index contributed by atoms with van der Waals surface area (Å²) in [6.45, 7) is 7.84. The summed E-state index contributed by atoms with van der Waals surface area (Å²) >= 11 is 9.01. The van der Waals surface area contributed by atoms with Crippen molar-refractivity contribution in [3.63, 3.8) is 0 Å². The fraction of sp³-hybridized carbons (Fsp3) is 0.460. The summed E-state index contributed by atoms with van der Waals surface area (Å²) in [6, 6.07) is 16.2. The van der Waals surface area contributed by atoms with Crippen LogP contribution in [0.2, 0.25) is 5.02 Å². The highest BCUT2D eigenvalue weighted by atomic mass is 35.5. The number of nitrogens with one attached hydrogen (secondary N) is 4. The Morgan fingerprint density at radius 2 is 1.73 bits per heavy atom. The van der Waals surface area contributed by atoms with Crippen LogP contribution in [-0.4, -0.2) is 112 Å². The Morgan fingerprint density at radius 3 is 2.44 bits per heavy atom. The highest BCUT2D eigenvalue weighted by Crippen LogP contribution is 2.41. The van der Waals surface area contributed by atoms with Crippen LogP contribution in [0.5, 0.6) is 5.75 Å². The number of halogens is 2. The van der Waals surface area contributed by atoms with Gasteiger partial charge in [0.25, 0.3) is 0 Å². The van der Waals surface area contributed by atoms with Crippen molar-refractivity contribution in [1.82, 2.24) is 35.8 Å². The first-order valence-electron chi connectivity index (χ1n) is 23.3. The van der Waals surface area contributed by atoms with Crippen molar-refractivity contribution in [1.29, 1.82) is 0 Å². The first-order valence-corrected chi connectivity index (χ1v) is 25.4. The number of anilines is 2. The van der Waals surface area contributed by atoms with Crippen LogP contribution in [0.4, 0.5) is 15.3 Å². The minimum absolute atomic E-state index is 0.0207. The third-order valence-electron chi connectivity index (χ3n) is 12.4. The highest BCUT2D eigenvalue weighted by molar-refractivity contribution is 7.13. The summed E-state index contributed by atoms with van der Waals surface area (Å²) in [5, 5.41) is 25.1. The number of hydrogen-bond donors (Lipinski definition) is 5. The Labute approximate surface area is 420 Å². The summed E-state index contributed by atoms with van der Waals surface area (Å²) in [6.07, 6.45) is 2.88. The number of nitrogens with zero attached hydrogens (tertiary/aromatic N) is 4. The molecule has 3 atom stereocenters. The van der Waals surface area contributed by atoms with E-state index in [9.17, 15) is 28.7 Å². The minimum atomic E-state index is -1.01. The zero-order chi connectivity index (χ0) is 49.8. The number of aromatic nitrogens is 3. The molecule has 0 radical (unpaired) electrons. The van der Waals surface area contributed by atoms with E-state index >= 15 is 0 Å². The van der Waals surface area contributed by atoms with Gasteiger partial charge >= 0.3 is 0 Å². The fourth-order valence-electron chi connectivity index (χ4n) is 8.68. The van der Waals surface area contributed by atoms with E-state index in [4.69, 9.17) is 30.8 Å². The maximum Gasteiger partial charge on any atom is 0.246 e. The molecular formula is C50H60ClFN8O8S2. The van der Waals surface area contributed by atoms with Gasteiger partial charge < -0.3 is 45.5 Å². The van der Waals surface area contributed by atoms with E-state index in [1.54, 1.807) is 35.2 Å².